The van der Waals surface area contributed by atoms with E-state index < -0.39 is 73.3 Å². The number of rotatable bonds is 21. The first-order valence-electron chi connectivity index (χ1n) is 11.2. The summed E-state index contributed by atoms with van der Waals surface area (Å²) in [4.78, 5) is 56.7. The summed E-state index contributed by atoms with van der Waals surface area (Å²) in [5, 5.41) is 55.5. The quantitative estimate of drug-likeness (QED) is 0.0519. The molecule has 1 aromatic carbocycles. The van der Waals surface area contributed by atoms with E-state index in [2.05, 4.69) is 0 Å². The van der Waals surface area contributed by atoms with Crippen molar-refractivity contribution in [2.45, 2.75) is 6.10 Å². The fourth-order valence-electron chi connectivity index (χ4n) is 3.45. The minimum absolute atomic E-state index is 0. The Morgan fingerprint density at radius 1 is 0.744 bits per heavy atom. The number of carbonyl (C=O) groups excluding carboxylic acids is 4. The van der Waals surface area contributed by atoms with E-state index >= 15 is 0 Å². The van der Waals surface area contributed by atoms with Crippen LogP contribution in [-0.2, 0) is 28.7 Å². The van der Waals surface area contributed by atoms with Crippen LogP contribution in [0.15, 0.2) is 12.1 Å². The zero-order valence-corrected chi connectivity index (χ0v) is 33.2. The van der Waals surface area contributed by atoms with Gasteiger partial charge in [-0.15, -0.1) is 0 Å². The second kappa shape index (κ2) is 27.1. The number of hydrogen-bond donors (Lipinski definition) is 0. The molecular weight excluding hydrogens is 622 g/mol. The number of benzene rings is 1. The molecule has 0 heterocycles. The number of carboxylic acid groups (broad SMARTS) is 4. The number of carbonyl (C=O) groups is 4. The molecule has 0 aliphatic carbocycles. The standard InChI is InChI=1S/C22H31N3O14.4Na/c1-36-16-7-14(15(25(34)35)8-17(16)37-2)18(9-24(12-21(30)31)13-22(32)33)39-6-5-38-4-3-23(10-19(26)27)11-20(28)29;;;;/h7-8,18H,3-6,9-13H2,1-2H3,(H,26,27)(H,28,29)(H,30,31)(H,32,33);;;;/q;4*+1/p-4. The third kappa shape index (κ3) is 20.6. The summed E-state index contributed by atoms with van der Waals surface area (Å²) in [6.07, 6.45) is -1.28. The van der Waals surface area contributed by atoms with Crippen molar-refractivity contribution >= 4 is 29.6 Å². The topological polar surface area (TPSA) is 247 Å². The second-order valence-electron chi connectivity index (χ2n) is 7.86. The number of ether oxygens (including phenoxy) is 4. The van der Waals surface area contributed by atoms with Gasteiger partial charge < -0.3 is 58.6 Å². The average Bonchev–Trinajstić information content (AvgIpc) is 2.82. The maximum Gasteiger partial charge on any atom is 1.00 e. The van der Waals surface area contributed by atoms with Gasteiger partial charge in [-0.3, -0.25) is 19.9 Å². The van der Waals surface area contributed by atoms with Crippen LogP contribution >= 0.6 is 0 Å². The van der Waals surface area contributed by atoms with Gasteiger partial charge in [-0.05, 0) is 6.07 Å². The number of hydrogen-bond acceptors (Lipinski definition) is 16. The molecule has 0 bridgehead atoms. The van der Waals surface area contributed by atoms with E-state index in [1.54, 1.807) is 0 Å². The monoisotopic (exact) mass is 649 g/mol. The second-order valence-corrected chi connectivity index (χ2v) is 7.86. The van der Waals surface area contributed by atoms with Crippen LogP contribution in [0.3, 0.4) is 0 Å². The number of methoxy groups -OCH3 is 2. The molecule has 0 aliphatic heterocycles. The van der Waals surface area contributed by atoms with E-state index in [1.807, 2.05) is 0 Å². The molecule has 1 rings (SSSR count). The fourth-order valence-corrected chi connectivity index (χ4v) is 3.45. The van der Waals surface area contributed by atoms with Crippen LogP contribution in [0.5, 0.6) is 11.5 Å². The molecule has 0 aliphatic rings. The molecule has 0 spiro atoms. The summed E-state index contributed by atoms with van der Waals surface area (Å²) >= 11 is 0. The summed E-state index contributed by atoms with van der Waals surface area (Å²) in [7, 11) is 2.54. The van der Waals surface area contributed by atoms with Crippen molar-refractivity contribution in [3.8, 4) is 11.5 Å². The molecule has 17 nitrogen and oxygen atoms in total. The summed E-state index contributed by atoms with van der Waals surface area (Å²) in [5.41, 5.74) is -0.575. The minimum Gasteiger partial charge on any atom is -0.549 e. The third-order valence-corrected chi connectivity index (χ3v) is 5.01. The molecule has 43 heavy (non-hydrogen) atoms. The van der Waals surface area contributed by atoms with Gasteiger partial charge in [0.05, 0.1) is 74.5 Å². The number of nitro groups is 1. The first kappa shape index (κ1) is 49.8. The Morgan fingerprint density at radius 2 is 1.19 bits per heavy atom. The largest absolute Gasteiger partial charge is 1.00 e. The van der Waals surface area contributed by atoms with Crippen molar-refractivity contribution in [1.82, 2.24) is 9.80 Å². The van der Waals surface area contributed by atoms with Gasteiger partial charge in [-0.1, -0.05) is 0 Å². The molecule has 218 valence electrons. The van der Waals surface area contributed by atoms with Gasteiger partial charge in [0, 0.05) is 39.3 Å². The van der Waals surface area contributed by atoms with Crippen LogP contribution in [0.25, 0.3) is 0 Å². The molecule has 1 aromatic rings. The van der Waals surface area contributed by atoms with Gasteiger partial charge in [-0.2, -0.15) is 0 Å². The van der Waals surface area contributed by atoms with Crippen molar-refractivity contribution in [1.29, 1.82) is 0 Å². The summed E-state index contributed by atoms with van der Waals surface area (Å²) in [6, 6.07) is 2.29. The Labute approximate surface area is 335 Å². The molecule has 0 aromatic heterocycles. The van der Waals surface area contributed by atoms with E-state index in [4.69, 9.17) is 18.9 Å². The molecule has 1 unspecified atom stereocenters. The van der Waals surface area contributed by atoms with E-state index in [9.17, 15) is 49.7 Å². The Morgan fingerprint density at radius 3 is 1.60 bits per heavy atom. The minimum atomic E-state index is -1.61. The van der Waals surface area contributed by atoms with Crippen LogP contribution < -0.4 is 148 Å². The Balaban J connectivity index is -0.00000190. The van der Waals surface area contributed by atoms with E-state index in [-0.39, 0.29) is 162 Å². The molecule has 0 radical (unpaired) electrons. The van der Waals surface area contributed by atoms with Gasteiger partial charge in [0.1, 0.15) is 6.10 Å². The van der Waals surface area contributed by atoms with Crippen molar-refractivity contribution in [3.63, 3.8) is 0 Å². The summed E-state index contributed by atoms with van der Waals surface area (Å²) in [6.45, 7) is -4.16. The van der Waals surface area contributed by atoms with Gasteiger partial charge in [0.2, 0.25) is 0 Å². The number of carboxylic acids is 4. The van der Waals surface area contributed by atoms with Gasteiger partial charge in [0.15, 0.2) is 11.5 Å². The van der Waals surface area contributed by atoms with E-state index in [0.29, 0.717) is 0 Å². The van der Waals surface area contributed by atoms with Crippen LogP contribution in [0.2, 0.25) is 0 Å². The Hall–Kier alpha value is -0.0600. The smallest absolute Gasteiger partial charge is 0.549 e. The first-order valence-corrected chi connectivity index (χ1v) is 11.2. The SMILES string of the molecule is COc1cc(C(CN(CC(=O)[O-])CC(=O)[O-])OCCOCCN(CC(=O)[O-])CC(=O)[O-])c([N+](=O)[O-])cc1OC.[Na+].[Na+].[Na+].[Na+]. The summed E-state index contributed by atoms with van der Waals surface area (Å²) < 4.78 is 21.3. The predicted octanol–water partition coefficient (Wildman–Crippen LogP) is -17.7. The molecule has 0 saturated carbocycles. The Bertz CT molecular complexity index is 1010. The van der Waals surface area contributed by atoms with Crippen LogP contribution in [0.1, 0.15) is 11.7 Å². The zero-order chi connectivity index (χ0) is 29.5. The maximum absolute atomic E-state index is 11.8. The fraction of sp³-hybridized carbons (Fsp3) is 0.545. The van der Waals surface area contributed by atoms with Gasteiger partial charge in [0.25, 0.3) is 5.69 Å². The average molecular weight is 649 g/mol. The molecule has 0 fully saturated rings. The molecule has 0 amide bonds. The molecule has 0 saturated heterocycles. The maximum atomic E-state index is 11.8. The van der Waals surface area contributed by atoms with E-state index in [0.717, 1.165) is 15.9 Å². The summed E-state index contributed by atoms with van der Waals surface area (Å²) in [5.74, 6) is -6.13. The van der Waals surface area contributed by atoms with Crippen molar-refractivity contribution < 1.29 is 182 Å². The van der Waals surface area contributed by atoms with Crippen molar-refractivity contribution in [2.24, 2.45) is 0 Å². The predicted molar refractivity (Wildman–Crippen MR) is 119 cm³/mol. The molecule has 1 atom stereocenters. The third-order valence-electron chi connectivity index (χ3n) is 5.01. The van der Waals surface area contributed by atoms with Crippen molar-refractivity contribution in [3.05, 3.63) is 27.8 Å². The van der Waals surface area contributed by atoms with Crippen molar-refractivity contribution in [2.75, 3.05) is 73.3 Å². The number of nitrogens with zero attached hydrogens (tertiary/aromatic N) is 3. The zero-order valence-electron chi connectivity index (χ0n) is 25.2. The number of nitro benzene ring substituents is 1. The first-order chi connectivity index (χ1) is 18.4. The Kier molecular flexibility index (Phi) is 31.4. The molecule has 21 heteroatoms. The van der Waals surface area contributed by atoms with Crippen LogP contribution in [0, 0.1) is 10.1 Å². The number of aliphatic carboxylic acids is 4. The molecular formula is C22H27N3Na4O14. The molecule has 0 N–H and O–H groups in total. The van der Waals surface area contributed by atoms with E-state index in [1.165, 1.54) is 20.3 Å². The van der Waals surface area contributed by atoms with Gasteiger partial charge in [-0.25, -0.2) is 0 Å². The van der Waals surface area contributed by atoms with Crippen LogP contribution in [-0.4, -0.2) is 112 Å². The van der Waals surface area contributed by atoms with Crippen LogP contribution in [0.4, 0.5) is 5.69 Å². The van der Waals surface area contributed by atoms with Gasteiger partial charge >= 0.3 is 118 Å². The normalized spacial score (nSPS) is 10.7.